The molecular weight excluding hydrogens is 454 g/mol. The van der Waals surface area contributed by atoms with Crippen molar-refractivity contribution in [2.75, 3.05) is 6.61 Å². The molecule has 1 atom stereocenters. The topological polar surface area (TPSA) is 95.5 Å². The van der Waals surface area contributed by atoms with Gasteiger partial charge in [0.15, 0.2) is 0 Å². The summed E-state index contributed by atoms with van der Waals surface area (Å²) in [6, 6.07) is 17.7. The van der Waals surface area contributed by atoms with Gasteiger partial charge in [0.2, 0.25) is 0 Å². The number of amides is 1. The fourth-order valence-electron chi connectivity index (χ4n) is 4.52. The number of fused-ring (bicyclic) bond motifs is 1. The normalized spacial score (nSPS) is 17.3. The molecular formula is C29H27N3O4. The number of carbonyl (C=O) groups is 2. The first kappa shape index (κ1) is 23.4. The Morgan fingerprint density at radius 1 is 1.08 bits per heavy atom. The zero-order valence-electron chi connectivity index (χ0n) is 20.1. The van der Waals surface area contributed by atoms with E-state index in [1.165, 1.54) is 4.90 Å². The number of nitrogens with zero attached hydrogens (tertiary/aromatic N) is 2. The summed E-state index contributed by atoms with van der Waals surface area (Å²) in [6.45, 7) is 4.86. The highest BCUT2D eigenvalue weighted by molar-refractivity contribution is 6.46. The van der Waals surface area contributed by atoms with E-state index >= 15 is 0 Å². The molecule has 7 heteroatoms. The number of carbonyl (C=O) groups excluding carboxylic acids is 2. The summed E-state index contributed by atoms with van der Waals surface area (Å²) in [5.74, 6) is -0.603. The van der Waals surface area contributed by atoms with E-state index in [0.29, 0.717) is 29.4 Å². The SMILES string of the molecule is CC(C)COc1cccc(C2/C(=C(/O)c3c[nH]c4ccccc34)C(=O)C(=O)N2Cc2ccncc2)c1. The van der Waals surface area contributed by atoms with Crippen molar-refractivity contribution >= 4 is 28.4 Å². The van der Waals surface area contributed by atoms with Gasteiger partial charge in [0.05, 0.1) is 18.2 Å². The lowest BCUT2D eigenvalue weighted by molar-refractivity contribution is -0.140. The fraction of sp³-hybridized carbons (Fsp3) is 0.207. The predicted molar refractivity (Wildman–Crippen MR) is 137 cm³/mol. The lowest BCUT2D eigenvalue weighted by atomic mass is 9.95. The van der Waals surface area contributed by atoms with Crippen LogP contribution in [-0.2, 0) is 16.1 Å². The van der Waals surface area contributed by atoms with Crippen LogP contribution in [0.3, 0.4) is 0 Å². The molecule has 1 aliphatic heterocycles. The highest BCUT2D eigenvalue weighted by Gasteiger charge is 2.46. The Bertz CT molecular complexity index is 1460. The number of likely N-dealkylation sites (tertiary alicyclic amines) is 1. The number of para-hydroxylation sites is 1. The van der Waals surface area contributed by atoms with Gasteiger partial charge in [-0.3, -0.25) is 14.6 Å². The summed E-state index contributed by atoms with van der Waals surface area (Å²) in [6.07, 6.45) is 4.95. The van der Waals surface area contributed by atoms with Gasteiger partial charge in [-0.05, 0) is 47.4 Å². The maximum atomic E-state index is 13.4. The first-order valence-corrected chi connectivity index (χ1v) is 11.9. The molecule has 0 radical (unpaired) electrons. The van der Waals surface area contributed by atoms with Gasteiger partial charge in [-0.25, -0.2) is 0 Å². The van der Waals surface area contributed by atoms with Gasteiger partial charge in [-0.15, -0.1) is 0 Å². The van der Waals surface area contributed by atoms with Gasteiger partial charge < -0.3 is 19.7 Å². The predicted octanol–water partition coefficient (Wildman–Crippen LogP) is 5.22. The highest BCUT2D eigenvalue weighted by Crippen LogP contribution is 2.42. The Morgan fingerprint density at radius 2 is 1.86 bits per heavy atom. The van der Waals surface area contributed by atoms with Crippen molar-refractivity contribution in [1.82, 2.24) is 14.9 Å². The smallest absolute Gasteiger partial charge is 0.295 e. The van der Waals surface area contributed by atoms with Crippen LogP contribution < -0.4 is 4.74 Å². The molecule has 1 saturated heterocycles. The van der Waals surface area contributed by atoms with E-state index < -0.39 is 17.7 Å². The van der Waals surface area contributed by atoms with E-state index in [1.807, 2.05) is 48.5 Å². The zero-order valence-corrected chi connectivity index (χ0v) is 20.1. The summed E-state index contributed by atoms with van der Waals surface area (Å²) in [5.41, 5.74) is 2.87. The molecule has 5 rings (SSSR count). The molecule has 2 N–H and O–H groups in total. The molecule has 0 saturated carbocycles. The fourth-order valence-corrected chi connectivity index (χ4v) is 4.52. The first-order valence-electron chi connectivity index (χ1n) is 11.9. The summed E-state index contributed by atoms with van der Waals surface area (Å²) in [7, 11) is 0. The van der Waals surface area contributed by atoms with E-state index in [-0.39, 0.29) is 17.9 Å². The molecule has 2 aromatic heterocycles. The third-order valence-corrected chi connectivity index (χ3v) is 6.24. The number of pyridine rings is 1. The number of aliphatic hydroxyl groups excluding tert-OH is 1. The number of ether oxygens (including phenoxy) is 1. The van der Waals surface area contributed by atoms with Gasteiger partial charge in [0, 0.05) is 41.6 Å². The van der Waals surface area contributed by atoms with Crippen molar-refractivity contribution in [3.63, 3.8) is 0 Å². The monoisotopic (exact) mass is 481 g/mol. The number of hydrogen-bond donors (Lipinski definition) is 2. The largest absolute Gasteiger partial charge is 0.507 e. The van der Waals surface area contributed by atoms with Crippen molar-refractivity contribution in [3.8, 4) is 5.75 Å². The number of aliphatic hydroxyl groups is 1. The quantitative estimate of drug-likeness (QED) is 0.214. The van der Waals surface area contributed by atoms with E-state index in [2.05, 4.69) is 23.8 Å². The van der Waals surface area contributed by atoms with Crippen molar-refractivity contribution in [3.05, 3.63) is 102 Å². The molecule has 1 amide bonds. The van der Waals surface area contributed by atoms with E-state index in [0.717, 1.165) is 16.5 Å². The van der Waals surface area contributed by atoms with Crippen LogP contribution in [-0.4, -0.2) is 38.3 Å². The average molecular weight is 482 g/mol. The van der Waals surface area contributed by atoms with E-state index in [1.54, 1.807) is 30.7 Å². The molecule has 1 unspecified atom stereocenters. The van der Waals surface area contributed by atoms with Crippen LogP contribution in [0.5, 0.6) is 5.75 Å². The number of ketones is 1. The van der Waals surface area contributed by atoms with E-state index in [4.69, 9.17) is 4.74 Å². The minimum atomic E-state index is -0.783. The number of benzene rings is 2. The Kier molecular flexibility index (Phi) is 6.29. The molecule has 1 fully saturated rings. The van der Waals surface area contributed by atoms with Crippen LogP contribution in [0.15, 0.2) is 84.8 Å². The molecule has 2 aromatic carbocycles. The minimum absolute atomic E-state index is 0.0554. The first-order chi connectivity index (χ1) is 17.4. The number of nitrogens with one attached hydrogen (secondary N) is 1. The Labute approximate surface area is 209 Å². The van der Waals surface area contributed by atoms with Gasteiger partial charge in [0.25, 0.3) is 11.7 Å². The highest BCUT2D eigenvalue weighted by atomic mass is 16.5. The van der Waals surface area contributed by atoms with Crippen molar-refractivity contribution < 1.29 is 19.4 Å². The molecule has 182 valence electrons. The standard InChI is InChI=1S/C29H27N3O4/c1-18(2)17-36-21-7-5-6-20(14-21)26-25(27(33)23-15-31-24-9-4-3-8-22(23)24)28(34)29(35)32(26)16-19-10-12-30-13-11-19/h3-15,18,26,31,33H,16-17H2,1-2H3/b27-25-. The average Bonchev–Trinajstić information content (AvgIpc) is 3.43. The molecule has 0 spiro atoms. The summed E-state index contributed by atoms with van der Waals surface area (Å²) in [4.78, 5) is 35.4. The second-order valence-corrected chi connectivity index (χ2v) is 9.31. The second-order valence-electron chi connectivity index (χ2n) is 9.31. The zero-order chi connectivity index (χ0) is 25.2. The number of aromatic nitrogens is 2. The number of hydrogen-bond acceptors (Lipinski definition) is 5. The van der Waals surface area contributed by atoms with Crippen LogP contribution in [0.1, 0.15) is 36.6 Å². The van der Waals surface area contributed by atoms with Gasteiger partial charge >= 0.3 is 0 Å². The molecule has 1 aliphatic rings. The maximum Gasteiger partial charge on any atom is 0.295 e. The van der Waals surface area contributed by atoms with Crippen LogP contribution in [0.4, 0.5) is 0 Å². The van der Waals surface area contributed by atoms with Gasteiger partial charge in [-0.1, -0.05) is 44.2 Å². The summed E-state index contributed by atoms with van der Waals surface area (Å²) >= 11 is 0. The Morgan fingerprint density at radius 3 is 2.64 bits per heavy atom. The van der Waals surface area contributed by atoms with Crippen molar-refractivity contribution in [1.29, 1.82) is 0 Å². The lowest BCUT2D eigenvalue weighted by Gasteiger charge is -2.26. The number of aromatic amines is 1. The number of H-pyrrole nitrogens is 1. The van der Waals surface area contributed by atoms with Crippen LogP contribution in [0, 0.1) is 5.92 Å². The molecule has 0 aliphatic carbocycles. The molecule has 0 bridgehead atoms. The Balaban J connectivity index is 1.65. The molecule has 4 aromatic rings. The summed E-state index contributed by atoms with van der Waals surface area (Å²) < 4.78 is 5.92. The number of rotatable bonds is 7. The third-order valence-electron chi connectivity index (χ3n) is 6.24. The van der Waals surface area contributed by atoms with Crippen molar-refractivity contribution in [2.45, 2.75) is 26.4 Å². The maximum absolute atomic E-state index is 13.4. The van der Waals surface area contributed by atoms with E-state index in [9.17, 15) is 14.7 Å². The van der Waals surface area contributed by atoms with Crippen molar-refractivity contribution in [2.24, 2.45) is 5.92 Å². The number of Topliss-reactive ketones (excluding diaryl/α,β-unsaturated/α-hetero) is 1. The minimum Gasteiger partial charge on any atom is -0.507 e. The van der Waals surface area contributed by atoms with Crippen LogP contribution in [0.2, 0.25) is 0 Å². The Hall–Kier alpha value is -4.39. The van der Waals surface area contributed by atoms with Crippen LogP contribution in [0.25, 0.3) is 16.7 Å². The lowest BCUT2D eigenvalue weighted by Crippen LogP contribution is -2.29. The van der Waals surface area contributed by atoms with Gasteiger partial charge in [0.1, 0.15) is 11.5 Å². The summed E-state index contributed by atoms with van der Waals surface area (Å²) in [5, 5.41) is 12.2. The molecule has 36 heavy (non-hydrogen) atoms. The third kappa shape index (κ3) is 4.35. The molecule has 3 heterocycles. The van der Waals surface area contributed by atoms with Crippen LogP contribution >= 0.6 is 0 Å². The van der Waals surface area contributed by atoms with Gasteiger partial charge in [-0.2, -0.15) is 0 Å². The second kappa shape index (κ2) is 9.70. The molecule has 7 nitrogen and oxygen atoms in total.